The standard InChI is InChI=1S/C27H42O.C2H6/c1-7-19(4)26(6)16-14-24-23(11-10-15-27(24,26)9-3)13-12-21-17-22(8-2)20(5)25(28)18-21;1-2/h12-13,22,24-25,28H,4-5,7-11,14-18H2,1-3,6H3;1-2H3/b21-12+,23-13+;/t22?,24-,25+,26+,27?;/m0./s1. The van der Waals surface area contributed by atoms with Gasteiger partial charge in [0, 0.05) is 0 Å². The fraction of sp³-hybridized carbons (Fsp3) is 0.724. The minimum Gasteiger partial charge on any atom is -0.388 e. The van der Waals surface area contributed by atoms with E-state index in [0.29, 0.717) is 22.7 Å². The molecule has 2 unspecified atom stereocenters. The molecular formula is C29H48O. The highest BCUT2D eigenvalue weighted by Gasteiger charge is 2.58. The fourth-order valence-corrected chi connectivity index (χ4v) is 7.00. The van der Waals surface area contributed by atoms with E-state index in [0.717, 1.165) is 31.3 Å². The van der Waals surface area contributed by atoms with Crippen LogP contribution in [0.4, 0.5) is 0 Å². The molecule has 1 N–H and O–H groups in total. The summed E-state index contributed by atoms with van der Waals surface area (Å²) in [4.78, 5) is 0. The number of fused-ring (bicyclic) bond motifs is 1. The third-order valence-corrected chi connectivity index (χ3v) is 9.02. The Balaban J connectivity index is 0.00000155. The highest BCUT2D eigenvalue weighted by molar-refractivity contribution is 5.32. The Bertz CT molecular complexity index is 680. The average Bonchev–Trinajstić information content (AvgIpc) is 3.09. The van der Waals surface area contributed by atoms with Gasteiger partial charge in [-0.05, 0) is 92.4 Å². The number of allylic oxidation sites excluding steroid dienone is 4. The SMILES string of the molecule is C=C1C(CC)C/C(=C\C=C2/CCCC3(CC)[C@H]2CC[C@]3(C)C(=C)CC)C[C@H]1O.CC. The first-order valence-electron chi connectivity index (χ1n) is 12.8. The molecule has 0 aromatic heterocycles. The molecule has 0 spiro atoms. The van der Waals surface area contributed by atoms with E-state index in [1.165, 1.54) is 49.7 Å². The van der Waals surface area contributed by atoms with Crippen molar-refractivity contribution >= 4 is 0 Å². The van der Waals surface area contributed by atoms with Crippen molar-refractivity contribution in [3.05, 3.63) is 47.6 Å². The van der Waals surface area contributed by atoms with Crippen LogP contribution in [0.3, 0.4) is 0 Å². The molecule has 0 radical (unpaired) electrons. The highest BCUT2D eigenvalue weighted by atomic mass is 16.3. The number of rotatable bonds is 5. The summed E-state index contributed by atoms with van der Waals surface area (Å²) in [6.45, 7) is 22.1. The van der Waals surface area contributed by atoms with Gasteiger partial charge in [0.15, 0.2) is 0 Å². The van der Waals surface area contributed by atoms with Crippen molar-refractivity contribution in [3.63, 3.8) is 0 Å². The lowest BCUT2D eigenvalue weighted by molar-refractivity contribution is 0.0533. The fourth-order valence-electron chi connectivity index (χ4n) is 7.00. The summed E-state index contributed by atoms with van der Waals surface area (Å²) in [6.07, 6.45) is 16.3. The van der Waals surface area contributed by atoms with Crippen LogP contribution in [0.25, 0.3) is 0 Å². The van der Waals surface area contributed by atoms with Crippen LogP contribution >= 0.6 is 0 Å². The quantitative estimate of drug-likeness (QED) is 0.448. The van der Waals surface area contributed by atoms with Crippen LogP contribution in [-0.2, 0) is 0 Å². The van der Waals surface area contributed by atoms with E-state index in [4.69, 9.17) is 0 Å². The summed E-state index contributed by atoms with van der Waals surface area (Å²) in [5.41, 5.74) is 6.27. The van der Waals surface area contributed by atoms with Crippen LogP contribution in [0.15, 0.2) is 47.6 Å². The molecule has 0 amide bonds. The molecule has 3 fully saturated rings. The van der Waals surface area contributed by atoms with Gasteiger partial charge >= 0.3 is 0 Å². The molecule has 3 rings (SSSR count). The molecule has 1 nitrogen and oxygen atoms in total. The van der Waals surface area contributed by atoms with Crippen molar-refractivity contribution in [2.75, 3.05) is 0 Å². The molecule has 0 saturated heterocycles. The monoisotopic (exact) mass is 412 g/mol. The molecule has 170 valence electrons. The molecule has 0 aliphatic heterocycles. The lowest BCUT2D eigenvalue weighted by Gasteiger charge is -2.51. The first-order valence-corrected chi connectivity index (χ1v) is 12.8. The normalized spacial score (nSPS) is 38.9. The Labute approximate surface area is 187 Å². The summed E-state index contributed by atoms with van der Waals surface area (Å²) in [5.74, 6) is 1.15. The van der Waals surface area contributed by atoms with E-state index in [2.05, 4.69) is 53.0 Å². The minimum atomic E-state index is -0.355. The average molecular weight is 413 g/mol. The van der Waals surface area contributed by atoms with Crippen molar-refractivity contribution in [2.24, 2.45) is 22.7 Å². The van der Waals surface area contributed by atoms with Gasteiger partial charge in [0.25, 0.3) is 0 Å². The van der Waals surface area contributed by atoms with Crippen LogP contribution in [0.5, 0.6) is 0 Å². The second-order valence-electron chi connectivity index (χ2n) is 9.91. The van der Waals surface area contributed by atoms with Crippen LogP contribution < -0.4 is 0 Å². The van der Waals surface area contributed by atoms with E-state index in [9.17, 15) is 5.11 Å². The smallest absolute Gasteiger partial charge is 0.0787 e. The second-order valence-corrected chi connectivity index (χ2v) is 9.91. The molecule has 0 aromatic rings. The van der Waals surface area contributed by atoms with Crippen molar-refractivity contribution in [1.29, 1.82) is 0 Å². The van der Waals surface area contributed by atoms with Crippen LogP contribution in [0, 0.1) is 22.7 Å². The van der Waals surface area contributed by atoms with Gasteiger partial charge < -0.3 is 5.11 Å². The van der Waals surface area contributed by atoms with E-state index in [-0.39, 0.29) is 6.10 Å². The lowest BCUT2D eigenvalue weighted by atomic mass is 9.53. The maximum Gasteiger partial charge on any atom is 0.0787 e. The predicted molar refractivity (Wildman–Crippen MR) is 133 cm³/mol. The molecule has 1 heteroatoms. The highest BCUT2D eigenvalue weighted by Crippen LogP contribution is 2.67. The lowest BCUT2D eigenvalue weighted by Crippen LogP contribution is -2.42. The van der Waals surface area contributed by atoms with E-state index < -0.39 is 0 Å². The van der Waals surface area contributed by atoms with Crippen molar-refractivity contribution < 1.29 is 5.11 Å². The van der Waals surface area contributed by atoms with Crippen LogP contribution in [-0.4, -0.2) is 11.2 Å². The second kappa shape index (κ2) is 10.5. The number of aliphatic hydroxyl groups is 1. The Kier molecular flexibility index (Phi) is 8.80. The van der Waals surface area contributed by atoms with Crippen LogP contribution in [0.2, 0.25) is 0 Å². The summed E-state index contributed by atoms with van der Waals surface area (Å²) in [5, 5.41) is 10.4. The Morgan fingerprint density at radius 2 is 1.83 bits per heavy atom. The molecular weight excluding hydrogens is 364 g/mol. The van der Waals surface area contributed by atoms with Gasteiger partial charge in [0.05, 0.1) is 6.10 Å². The summed E-state index contributed by atoms with van der Waals surface area (Å²) in [7, 11) is 0. The predicted octanol–water partition coefficient (Wildman–Crippen LogP) is 8.57. The summed E-state index contributed by atoms with van der Waals surface area (Å²) >= 11 is 0. The van der Waals surface area contributed by atoms with Gasteiger partial charge in [-0.25, -0.2) is 0 Å². The van der Waals surface area contributed by atoms with Crippen molar-refractivity contribution in [1.82, 2.24) is 0 Å². The van der Waals surface area contributed by atoms with Gasteiger partial charge in [-0.3, -0.25) is 0 Å². The molecule has 0 bridgehead atoms. The maximum atomic E-state index is 10.4. The zero-order valence-electron chi connectivity index (χ0n) is 20.8. The topological polar surface area (TPSA) is 20.2 Å². The van der Waals surface area contributed by atoms with E-state index in [1.807, 2.05) is 13.8 Å². The Hall–Kier alpha value is -1.08. The summed E-state index contributed by atoms with van der Waals surface area (Å²) < 4.78 is 0. The van der Waals surface area contributed by atoms with Crippen molar-refractivity contribution in [2.45, 2.75) is 112 Å². The molecule has 5 atom stereocenters. The number of aliphatic hydroxyl groups excluding tert-OH is 1. The third-order valence-electron chi connectivity index (χ3n) is 9.02. The zero-order chi connectivity index (χ0) is 22.5. The van der Waals surface area contributed by atoms with Gasteiger partial charge in [-0.15, -0.1) is 0 Å². The first-order chi connectivity index (χ1) is 14.3. The van der Waals surface area contributed by atoms with Gasteiger partial charge in [-0.2, -0.15) is 0 Å². The van der Waals surface area contributed by atoms with Gasteiger partial charge in [-0.1, -0.05) is 83.6 Å². The molecule has 0 heterocycles. The molecule has 3 aliphatic rings. The van der Waals surface area contributed by atoms with Gasteiger partial charge in [0.1, 0.15) is 0 Å². The van der Waals surface area contributed by atoms with Gasteiger partial charge in [0.2, 0.25) is 0 Å². The number of hydrogen-bond donors (Lipinski definition) is 1. The molecule has 3 saturated carbocycles. The molecule has 30 heavy (non-hydrogen) atoms. The number of hydrogen-bond acceptors (Lipinski definition) is 1. The van der Waals surface area contributed by atoms with E-state index in [1.54, 1.807) is 5.57 Å². The molecule has 3 aliphatic carbocycles. The van der Waals surface area contributed by atoms with E-state index >= 15 is 0 Å². The minimum absolute atomic E-state index is 0.292. The maximum absolute atomic E-state index is 10.4. The third kappa shape index (κ3) is 4.29. The molecule has 0 aromatic carbocycles. The first kappa shape index (κ1) is 25.2. The Morgan fingerprint density at radius 3 is 2.43 bits per heavy atom. The Morgan fingerprint density at radius 1 is 1.13 bits per heavy atom. The summed E-state index contributed by atoms with van der Waals surface area (Å²) in [6, 6.07) is 0. The largest absolute Gasteiger partial charge is 0.388 e. The van der Waals surface area contributed by atoms with Crippen LogP contribution in [0.1, 0.15) is 106 Å². The van der Waals surface area contributed by atoms with Crippen molar-refractivity contribution in [3.8, 4) is 0 Å². The zero-order valence-corrected chi connectivity index (χ0v) is 20.8.